The van der Waals surface area contributed by atoms with Crippen LogP contribution in [0.15, 0.2) is 24.3 Å². The molecular formula is C18H29N3O2. The zero-order chi connectivity index (χ0) is 16.7. The van der Waals surface area contributed by atoms with E-state index in [9.17, 15) is 4.79 Å². The number of nitrogens with zero attached hydrogens (tertiary/aromatic N) is 2. The average molecular weight is 319 g/mol. The fraction of sp³-hybridized carbons (Fsp3) is 0.611. The molecule has 23 heavy (non-hydrogen) atoms. The lowest BCUT2D eigenvalue weighted by molar-refractivity contribution is 0.0705. The Morgan fingerprint density at radius 3 is 2.74 bits per heavy atom. The van der Waals surface area contributed by atoms with Gasteiger partial charge in [0.15, 0.2) is 0 Å². The first-order valence-corrected chi connectivity index (χ1v) is 8.57. The Morgan fingerprint density at radius 2 is 2.04 bits per heavy atom. The predicted molar refractivity (Wildman–Crippen MR) is 92.6 cm³/mol. The Hall–Kier alpha value is -1.59. The minimum Gasteiger partial charge on any atom is -0.477 e. The zero-order valence-electron chi connectivity index (χ0n) is 14.3. The van der Waals surface area contributed by atoms with E-state index < -0.39 is 0 Å². The van der Waals surface area contributed by atoms with Crippen LogP contribution in [-0.2, 0) is 0 Å². The molecule has 0 aromatic heterocycles. The summed E-state index contributed by atoms with van der Waals surface area (Å²) >= 11 is 0. The topological polar surface area (TPSA) is 58.8 Å². The molecule has 1 fully saturated rings. The van der Waals surface area contributed by atoms with E-state index >= 15 is 0 Å². The third kappa shape index (κ3) is 5.22. The minimum absolute atomic E-state index is 0.0451. The number of piperidine rings is 1. The van der Waals surface area contributed by atoms with Crippen molar-refractivity contribution in [3.8, 4) is 5.75 Å². The maximum absolute atomic E-state index is 12.7. The molecule has 128 valence electrons. The molecule has 2 rings (SSSR count). The monoisotopic (exact) mass is 319 g/mol. The van der Waals surface area contributed by atoms with Crippen molar-refractivity contribution in [2.75, 3.05) is 33.4 Å². The van der Waals surface area contributed by atoms with E-state index in [1.165, 1.54) is 0 Å². The highest BCUT2D eigenvalue weighted by Gasteiger charge is 2.23. The molecular weight excluding hydrogens is 290 g/mol. The SMILES string of the molecule is CCCCN(C)COc1ccccc1C(=O)N1CCC(N)CC1. The molecule has 1 heterocycles. The smallest absolute Gasteiger partial charge is 0.257 e. The second kappa shape index (κ2) is 8.89. The predicted octanol–water partition coefficient (Wildman–Crippen LogP) is 2.32. The number of hydrogen-bond acceptors (Lipinski definition) is 4. The van der Waals surface area contributed by atoms with Gasteiger partial charge in [-0.15, -0.1) is 0 Å². The van der Waals surface area contributed by atoms with Crippen molar-refractivity contribution in [1.29, 1.82) is 0 Å². The second-order valence-electron chi connectivity index (χ2n) is 6.33. The van der Waals surface area contributed by atoms with Crippen molar-refractivity contribution in [1.82, 2.24) is 9.80 Å². The molecule has 0 atom stereocenters. The van der Waals surface area contributed by atoms with Gasteiger partial charge in [0, 0.05) is 25.7 Å². The van der Waals surface area contributed by atoms with E-state index in [1.807, 2.05) is 36.2 Å². The molecule has 1 amide bonds. The molecule has 5 nitrogen and oxygen atoms in total. The molecule has 1 aromatic carbocycles. The molecule has 1 aromatic rings. The normalized spacial score (nSPS) is 15.9. The van der Waals surface area contributed by atoms with E-state index in [4.69, 9.17) is 10.5 Å². The van der Waals surface area contributed by atoms with Gasteiger partial charge in [0.25, 0.3) is 5.91 Å². The number of nitrogens with two attached hydrogens (primary N) is 1. The van der Waals surface area contributed by atoms with Crippen LogP contribution in [0.4, 0.5) is 0 Å². The van der Waals surface area contributed by atoms with Crippen LogP contribution < -0.4 is 10.5 Å². The van der Waals surface area contributed by atoms with E-state index in [1.54, 1.807) is 0 Å². The van der Waals surface area contributed by atoms with Crippen LogP contribution in [0.25, 0.3) is 0 Å². The van der Waals surface area contributed by atoms with Gasteiger partial charge in [-0.25, -0.2) is 0 Å². The van der Waals surface area contributed by atoms with Crippen LogP contribution in [0.3, 0.4) is 0 Å². The molecule has 0 bridgehead atoms. The molecule has 2 N–H and O–H groups in total. The van der Waals surface area contributed by atoms with Gasteiger partial charge in [0.2, 0.25) is 0 Å². The van der Waals surface area contributed by atoms with E-state index in [0.29, 0.717) is 18.0 Å². The molecule has 5 heteroatoms. The maximum atomic E-state index is 12.7. The van der Waals surface area contributed by atoms with Gasteiger partial charge in [0.1, 0.15) is 12.5 Å². The van der Waals surface area contributed by atoms with Crippen LogP contribution in [0, 0.1) is 0 Å². The molecule has 0 spiro atoms. The molecule has 1 aliphatic rings. The molecule has 1 saturated heterocycles. The van der Waals surface area contributed by atoms with Gasteiger partial charge >= 0.3 is 0 Å². The number of benzene rings is 1. The van der Waals surface area contributed by atoms with Crippen LogP contribution in [0.1, 0.15) is 43.0 Å². The van der Waals surface area contributed by atoms with Crippen molar-refractivity contribution < 1.29 is 9.53 Å². The number of para-hydroxylation sites is 1. The highest BCUT2D eigenvalue weighted by Crippen LogP contribution is 2.22. The number of rotatable bonds is 7. The maximum Gasteiger partial charge on any atom is 0.257 e. The lowest BCUT2D eigenvalue weighted by Gasteiger charge is -2.30. The summed E-state index contributed by atoms with van der Waals surface area (Å²) in [6.07, 6.45) is 4.05. The summed E-state index contributed by atoms with van der Waals surface area (Å²) in [6.45, 7) is 5.12. The number of ether oxygens (including phenoxy) is 1. The van der Waals surface area contributed by atoms with Crippen molar-refractivity contribution in [3.63, 3.8) is 0 Å². The quantitative estimate of drug-likeness (QED) is 0.784. The Labute approximate surface area is 139 Å². The van der Waals surface area contributed by atoms with E-state index in [2.05, 4.69) is 11.8 Å². The van der Waals surface area contributed by atoms with E-state index in [-0.39, 0.29) is 11.9 Å². The average Bonchev–Trinajstić information content (AvgIpc) is 2.58. The van der Waals surface area contributed by atoms with Gasteiger partial charge in [-0.05, 0) is 38.4 Å². The van der Waals surface area contributed by atoms with Crippen LogP contribution >= 0.6 is 0 Å². The Morgan fingerprint density at radius 1 is 1.35 bits per heavy atom. The number of amides is 1. The molecule has 0 radical (unpaired) electrons. The number of carbonyl (C=O) groups excluding carboxylic acids is 1. The number of unbranched alkanes of at least 4 members (excludes halogenated alkanes) is 1. The summed E-state index contributed by atoms with van der Waals surface area (Å²) in [6, 6.07) is 7.73. The minimum atomic E-state index is 0.0451. The van der Waals surface area contributed by atoms with Crippen molar-refractivity contribution >= 4 is 5.91 Å². The first kappa shape index (κ1) is 17.8. The van der Waals surface area contributed by atoms with E-state index in [0.717, 1.165) is 45.3 Å². The summed E-state index contributed by atoms with van der Waals surface area (Å²) < 4.78 is 5.88. The number of likely N-dealkylation sites (tertiary alicyclic amines) is 1. The molecule has 0 aliphatic carbocycles. The summed E-state index contributed by atoms with van der Waals surface area (Å²) in [5.74, 6) is 0.708. The molecule has 0 saturated carbocycles. The molecule has 0 unspecified atom stereocenters. The van der Waals surface area contributed by atoms with Crippen molar-refractivity contribution in [2.45, 2.75) is 38.6 Å². The molecule has 1 aliphatic heterocycles. The second-order valence-corrected chi connectivity index (χ2v) is 6.33. The summed E-state index contributed by atoms with van der Waals surface area (Å²) in [4.78, 5) is 16.7. The Kier molecular flexibility index (Phi) is 6.86. The first-order valence-electron chi connectivity index (χ1n) is 8.57. The lowest BCUT2D eigenvalue weighted by atomic mass is 10.0. The first-order chi connectivity index (χ1) is 11.1. The third-order valence-corrected chi connectivity index (χ3v) is 4.28. The van der Waals surface area contributed by atoms with Crippen molar-refractivity contribution in [3.05, 3.63) is 29.8 Å². The summed E-state index contributed by atoms with van der Waals surface area (Å²) in [7, 11) is 2.03. The highest BCUT2D eigenvalue weighted by atomic mass is 16.5. The fourth-order valence-corrected chi connectivity index (χ4v) is 2.71. The van der Waals surface area contributed by atoms with Gasteiger partial charge in [-0.2, -0.15) is 0 Å². The lowest BCUT2D eigenvalue weighted by Crippen LogP contribution is -2.43. The number of carbonyl (C=O) groups is 1. The highest BCUT2D eigenvalue weighted by molar-refractivity contribution is 5.97. The van der Waals surface area contributed by atoms with Gasteiger partial charge in [-0.3, -0.25) is 9.69 Å². The largest absolute Gasteiger partial charge is 0.477 e. The van der Waals surface area contributed by atoms with Gasteiger partial charge in [-0.1, -0.05) is 25.5 Å². The zero-order valence-corrected chi connectivity index (χ0v) is 14.3. The van der Waals surface area contributed by atoms with Crippen molar-refractivity contribution in [2.24, 2.45) is 5.73 Å². The summed E-state index contributed by atoms with van der Waals surface area (Å²) in [5, 5.41) is 0. The third-order valence-electron chi connectivity index (χ3n) is 4.28. The fourth-order valence-electron chi connectivity index (χ4n) is 2.71. The van der Waals surface area contributed by atoms with Gasteiger partial charge < -0.3 is 15.4 Å². The van der Waals surface area contributed by atoms with Gasteiger partial charge in [0.05, 0.1) is 5.56 Å². The summed E-state index contributed by atoms with van der Waals surface area (Å²) in [5.41, 5.74) is 6.56. The van der Waals surface area contributed by atoms with Crippen LogP contribution in [0.5, 0.6) is 5.75 Å². The Bertz CT molecular complexity index is 499. The standard InChI is InChI=1S/C18H29N3O2/c1-3-4-11-20(2)14-23-17-8-6-5-7-16(17)18(22)21-12-9-15(19)10-13-21/h5-8,15H,3-4,9-14,19H2,1-2H3. The Balaban J connectivity index is 1.98. The van der Waals surface area contributed by atoms with Crippen LogP contribution in [-0.4, -0.2) is 55.2 Å². The van der Waals surface area contributed by atoms with Crippen LogP contribution in [0.2, 0.25) is 0 Å². The number of hydrogen-bond donors (Lipinski definition) is 1.